The van der Waals surface area contributed by atoms with E-state index in [1.165, 1.54) is 23.9 Å². The molecule has 0 bridgehead atoms. The maximum Gasteiger partial charge on any atom is 0.433 e. The molecule has 2 aromatic heterocycles. The molecule has 0 atom stereocenters. The Morgan fingerprint density at radius 2 is 2.20 bits per heavy atom. The molecule has 0 radical (unpaired) electrons. The Kier molecular flexibility index (Phi) is 5.69. The third-order valence-electron chi connectivity index (χ3n) is 3.04. The fourth-order valence-electron chi connectivity index (χ4n) is 1.90. The van der Waals surface area contributed by atoms with E-state index < -0.39 is 17.8 Å². The summed E-state index contributed by atoms with van der Waals surface area (Å²) in [4.78, 5) is 15.1. The monoisotopic (exact) mass is 370 g/mol. The first-order valence-corrected chi connectivity index (χ1v) is 8.07. The average Bonchev–Trinajstić information content (AvgIpc) is 3.01. The Morgan fingerprint density at radius 1 is 1.48 bits per heavy atom. The molecule has 0 aliphatic carbocycles. The number of hydrogen-bond acceptors (Lipinski definition) is 6. The number of aromatic nitrogens is 3. The van der Waals surface area contributed by atoms with Crippen LogP contribution in [0.4, 0.5) is 13.2 Å². The summed E-state index contributed by atoms with van der Waals surface area (Å²) in [7, 11) is 0. The predicted octanol–water partition coefficient (Wildman–Crippen LogP) is 3.40. The lowest BCUT2D eigenvalue weighted by Gasteiger charge is -2.11. The topological polar surface area (TPSA) is 80.8 Å². The highest BCUT2D eigenvalue weighted by atomic mass is 32.2. The third-order valence-corrected chi connectivity index (χ3v) is 4.01. The molecule has 0 saturated carbocycles. The zero-order chi connectivity index (χ0) is 18.6. The molecule has 6 nitrogen and oxygen atoms in total. The molecule has 0 amide bonds. The molecule has 132 valence electrons. The molecular formula is C15H13F3N4O2S. The minimum Gasteiger partial charge on any atom is -0.461 e. The van der Waals surface area contributed by atoms with Crippen LogP contribution in [-0.4, -0.2) is 27.3 Å². The average molecular weight is 370 g/mol. The third kappa shape index (κ3) is 4.51. The van der Waals surface area contributed by atoms with Crippen LogP contribution in [0.3, 0.4) is 0 Å². The molecule has 2 heterocycles. The van der Waals surface area contributed by atoms with E-state index in [9.17, 15) is 18.0 Å². The lowest BCUT2D eigenvalue weighted by molar-refractivity contribution is -0.141. The number of halogens is 3. The number of hydrogen-bond donors (Lipinski definition) is 0. The van der Waals surface area contributed by atoms with Crippen molar-refractivity contribution in [1.82, 2.24) is 14.8 Å². The Labute approximate surface area is 145 Å². The van der Waals surface area contributed by atoms with Crippen LogP contribution in [0.25, 0.3) is 0 Å². The minimum absolute atomic E-state index is 0.0389. The summed E-state index contributed by atoms with van der Waals surface area (Å²) < 4.78 is 44.8. The van der Waals surface area contributed by atoms with Crippen LogP contribution in [-0.2, 0) is 16.8 Å². The van der Waals surface area contributed by atoms with Crippen LogP contribution in [0.15, 0.2) is 23.4 Å². The van der Waals surface area contributed by atoms with Gasteiger partial charge in [0.05, 0.1) is 18.0 Å². The molecule has 0 aliphatic heterocycles. The molecule has 0 saturated heterocycles. The lowest BCUT2D eigenvalue weighted by atomic mass is 10.1. The van der Waals surface area contributed by atoms with Gasteiger partial charge in [0.2, 0.25) is 0 Å². The number of nitriles is 1. The quantitative estimate of drug-likeness (QED) is 0.593. The van der Waals surface area contributed by atoms with Gasteiger partial charge in [-0.3, -0.25) is 4.68 Å². The van der Waals surface area contributed by atoms with Crippen LogP contribution in [0.2, 0.25) is 0 Å². The van der Waals surface area contributed by atoms with Gasteiger partial charge in [-0.1, -0.05) is 11.8 Å². The van der Waals surface area contributed by atoms with Gasteiger partial charge in [-0.05, 0) is 31.5 Å². The highest BCUT2D eigenvalue weighted by Gasteiger charge is 2.34. The molecule has 0 spiro atoms. The van der Waals surface area contributed by atoms with Gasteiger partial charge in [0.15, 0.2) is 5.69 Å². The highest BCUT2D eigenvalue weighted by Crippen LogP contribution is 2.32. The largest absolute Gasteiger partial charge is 0.461 e. The normalized spacial score (nSPS) is 11.2. The number of carbonyl (C=O) groups is 1. The van der Waals surface area contributed by atoms with Gasteiger partial charge in [0.25, 0.3) is 0 Å². The van der Waals surface area contributed by atoms with Gasteiger partial charge in [0.1, 0.15) is 16.8 Å². The number of nitrogens with zero attached hydrogens (tertiary/aromatic N) is 4. The van der Waals surface area contributed by atoms with Crippen LogP contribution in [0.5, 0.6) is 0 Å². The van der Waals surface area contributed by atoms with Crippen molar-refractivity contribution in [3.05, 3.63) is 40.8 Å². The van der Waals surface area contributed by atoms with Crippen molar-refractivity contribution in [1.29, 1.82) is 5.26 Å². The van der Waals surface area contributed by atoms with Crippen molar-refractivity contribution in [2.45, 2.75) is 30.9 Å². The highest BCUT2D eigenvalue weighted by molar-refractivity contribution is 7.98. The fraction of sp³-hybridized carbons (Fsp3) is 0.333. The zero-order valence-electron chi connectivity index (χ0n) is 13.3. The van der Waals surface area contributed by atoms with E-state index in [-0.39, 0.29) is 34.3 Å². The van der Waals surface area contributed by atoms with Crippen LogP contribution >= 0.6 is 11.8 Å². The molecule has 0 fully saturated rings. The molecule has 0 N–H and O–H groups in total. The number of alkyl halides is 3. The van der Waals surface area contributed by atoms with Crippen molar-refractivity contribution < 1.29 is 22.7 Å². The van der Waals surface area contributed by atoms with Gasteiger partial charge in [-0.2, -0.15) is 23.5 Å². The summed E-state index contributed by atoms with van der Waals surface area (Å²) in [5.41, 5.74) is -0.689. The number of pyridine rings is 1. The molecule has 2 aromatic rings. The number of aryl methyl sites for hydroxylation is 1. The van der Waals surface area contributed by atoms with E-state index in [4.69, 9.17) is 10.00 Å². The van der Waals surface area contributed by atoms with E-state index in [0.717, 1.165) is 17.8 Å². The summed E-state index contributed by atoms with van der Waals surface area (Å²) in [6.45, 7) is 3.29. The fourth-order valence-corrected chi connectivity index (χ4v) is 2.82. The Balaban J connectivity index is 2.22. The molecule has 25 heavy (non-hydrogen) atoms. The van der Waals surface area contributed by atoms with Gasteiger partial charge < -0.3 is 4.74 Å². The Hall–Kier alpha value is -2.54. The van der Waals surface area contributed by atoms with Crippen molar-refractivity contribution in [2.24, 2.45) is 0 Å². The predicted molar refractivity (Wildman–Crippen MR) is 82.7 cm³/mol. The van der Waals surface area contributed by atoms with E-state index in [1.807, 2.05) is 6.07 Å². The first-order valence-electron chi connectivity index (χ1n) is 7.08. The first kappa shape index (κ1) is 18.8. The lowest BCUT2D eigenvalue weighted by Crippen LogP contribution is -2.11. The van der Waals surface area contributed by atoms with E-state index in [2.05, 4.69) is 10.1 Å². The second-order valence-corrected chi connectivity index (χ2v) is 5.78. The number of carbonyl (C=O) groups excluding carboxylic acids is 1. The maximum absolute atomic E-state index is 12.9. The molecule has 0 aromatic carbocycles. The number of ether oxygens (including phenoxy) is 1. The molecule has 10 heteroatoms. The van der Waals surface area contributed by atoms with E-state index in [1.54, 1.807) is 6.92 Å². The van der Waals surface area contributed by atoms with Gasteiger partial charge in [-0.15, -0.1) is 0 Å². The molecule has 2 rings (SSSR count). The van der Waals surface area contributed by atoms with Crippen molar-refractivity contribution in [2.75, 3.05) is 6.61 Å². The van der Waals surface area contributed by atoms with E-state index in [0.29, 0.717) is 0 Å². The van der Waals surface area contributed by atoms with Crippen LogP contribution in [0.1, 0.15) is 34.2 Å². The summed E-state index contributed by atoms with van der Waals surface area (Å²) in [6, 6.07) is 4.15. The Morgan fingerprint density at radius 3 is 2.80 bits per heavy atom. The second kappa shape index (κ2) is 7.57. The van der Waals surface area contributed by atoms with Crippen LogP contribution in [0, 0.1) is 18.3 Å². The molecule has 0 aliphatic rings. The SMILES string of the molecule is CCOC(=O)c1ccn(CSc2nc(C(F)(F)F)cc(C)c2C#N)n1. The standard InChI is InChI=1S/C15H13F3N4O2S/c1-3-24-14(23)11-4-5-22(21-11)8-25-13-10(7-19)9(2)6-12(20-13)15(16,17)18/h4-6H,3,8H2,1-2H3. The van der Waals surface area contributed by atoms with Gasteiger partial charge in [-0.25, -0.2) is 9.78 Å². The zero-order valence-corrected chi connectivity index (χ0v) is 14.1. The summed E-state index contributed by atoms with van der Waals surface area (Å²) in [6.07, 6.45) is -3.11. The number of rotatable bonds is 5. The van der Waals surface area contributed by atoms with Crippen LogP contribution < -0.4 is 0 Å². The maximum atomic E-state index is 12.9. The van der Waals surface area contributed by atoms with Crippen molar-refractivity contribution in [3.63, 3.8) is 0 Å². The van der Waals surface area contributed by atoms with Crippen molar-refractivity contribution in [3.8, 4) is 6.07 Å². The van der Waals surface area contributed by atoms with E-state index >= 15 is 0 Å². The summed E-state index contributed by atoms with van der Waals surface area (Å²) in [5.74, 6) is -0.501. The summed E-state index contributed by atoms with van der Waals surface area (Å²) in [5, 5.41) is 13.1. The minimum atomic E-state index is -4.60. The number of thioether (sulfide) groups is 1. The Bertz CT molecular complexity index is 827. The van der Waals surface area contributed by atoms with Gasteiger partial charge in [0, 0.05) is 6.20 Å². The second-order valence-electron chi connectivity index (χ2n) is 4.85. The number of esters is 1. The smallest absolute Gasteiger partial charge is 0.433 e. The molecule has 0 unspecified atom stereocenters. The summed E-state index contributed by atoms with van der Waals surface area (Å²) >= 11 is 0.922. The van der Waals surface area contributed by atoms with Gasteiger partial charge >= 0.3 is 12.1 Å². The molecular weight excluding hydrogens is 357 g/mol. The van der Waals surface area contributed by atoms with Crippen molar-refractivity contribution >= 4 is 17.7 Å². The first-order chi connectivity index (χ1) is 11.8.